The normalized spacial score (nSPS) is 10.9. The number of fused-ring (bicyclic) bond motifs is 1. The molecule has 0 amide bonds. The van der Waals surface area contributed by atoms with Crippen LogP contribution in [-0.4, -0.2) is 15.0 Å². The van der Waals surface area contributed by atoms with Crippen molar-refractivity contribution in [2.75, 3.05) is 0 Å². The van der Waals surface area contributed by atoms with Gasteiger partial charge in [-0.15, -0.1) is 0 Å². The Morgan fingerprint density at radius 1 is 0.382 bits per heavy atom. The molecule has 3 nitrogen and oxygen atoms in total. The van der Waals surface area contributed by atoms with E-state index in [4.69, 9.17) is 9.97 Å². The molecule has 0 atom stereocenters. The minimum atomic E-state index is 0.872. The maximum absolute atomic E-state index is 5.06. The molecule has 0 aliphatic heterocycles. The fraction of sp³-hybridized carbons (Fsp3) is 0. The average Bonchev–Trinajstić information content (AvgIpc) is 2.93. The van der Waals surface area contributed by atoms with Crippen LogP contribution in [0.1, 0.15) is 0 Å². The first-order valence-electron chi connectivity index (χ1n) is 11.3. The maximum atomic E-state index is 5.06. The molecule has 0 aliphatic carbocycles. The van der Waals surface area contributed by atoms with Gasteiger partial charge in [0.05, 0.1) is 28.1 Å². The summed E-state index contributed by atoms with van der Waals surface area (Å²) in [6, 6.07) is 41.3. The second-order valence-electron chi connectivity index (χ2n) is 8.15. The molecule has 0 fully saturated rings. The molecule has 0 unspecified atom stereocenters. The Balaban J connectivity index is 1.50. The predicted molar refractivity (Wildman–Crippen MR) is 139 cm³/mol. The molecule has 2 aromatic heterocycles. The lowest BCUT2D eigenvalue weighted by atomic mass is 9.98. The second kappa shape index (κ2) is 8.72. The van der Waals surface area contributed by atoms with Crippen LogP contribution in [0.3, 0.4) is 0 Å². The number of pyridine rings is 1. The van der Waals surface area contributed by atoms with E-state index in [2.05, 4.69) is 77.8 Å². The molecule has 160 valence electrons. The summed E-state index contributed by atoms with van der Waals surface area (Å²) in [5, 5.41) is 0. The van der Waals surface area contributed by atoms with Crippen LogP contribution in [0.15, 0.2) is 128 Å². The van der Waals surface area contributed by atoms with E-state index in [1.165, 1.54) is 5.56 Å². The Labute approximate surface area is 198 Å². The highest BCUT2D eigenvalue weighted by Crippen LogP contribution is 2.34. The summed E-state index contributed by atoms with van der Waals surface area (Å²) < 4.78 is 0. The zero-order valence-electron chi connectivity index (χ0n) is 18.5. The van der Waals surface area contributed by atoms with Gasteiger partial charge in [-0.3, -0.25) is 4.98 Å². The van der Waals surface area contributed by atoms with Crippen LogP contribution in [0, 0.1) is 0 Å². The summed E-state index contributed by atoms with van der Waals surface area (Å²) in [5.74, 6) is 0. The third-order valence-electron chi connectivity index (χ3n) is 5.93. The molecule has 6 rings (SSSR count). The summed E-state index contributed by atoms with van der Waals surface area (Å²) in [5.41, 5.74) is 9.95. The number of rotatable bonds is 4. The Hall–Kier alpha value is -4.63. The van der Waals surface area contributed by atoms with E-state index in [1.54, 1.807) is 0 Å². The van der Waals surface area contributed by atoms with Gasteiger partial charge in [0.2, 0.25) is 0 Å². The van der Waals surface area contributed by atoms with E-state index < -0.39 is 0 Å². The third-order valence-corrected chi connectivity index (χ3v) is 5.93. The molecular formula is C31H21N3. The monoisotopic (exact) mass is 435 g/mol. The molecule has 34 heavy (non-hydrogen) atoms. The van der Waals surface area contributed by atoms with Crippen LogP contribution in [0.2, 0.25) is 0 Å². The first kappa shape index (κ1) is 20.0. The topological polar surface area (TPSA) is 38.7 Å². The minimum Gasteiger partial charge on any atom is -0.256 e. The Morgan fingerprint density at radius 3 is 1.68 bits per heavy atom. The van der Waals surface area contributed by atoms with Gasteiger partial charge in [0.15, 0.2) is 0 Å². The van der Waals surface area contributed by atoms with Crippen molar-refractivity contribution in [3.05, 3.63) is 128 Å². The molecule has 2 heterocycles. The fourth-order valence-corrected chi connectivity index (χ4v) is 4.21. The molecule has 4 aromatic carbocycles. The molecule has 0 radical (unpaired) electrons. The van der Waals surface area contributed by atoms with E-state index in [9.17, 15) is 0 Å². The summed E-state index contributed by atoms with van der Waals surface area (Å²) in [7, 11) is 0. The van der Waals surface area contributed by atoms with Gasteiger partial charge in [0.25, 0.3) is 0 Å². The first-order valence-corrected chi connectivity index (χ1v) is 11.3. The van der Waals surface area contributed by atoms with Crippen LogP contribution in [0.5, 0.6) is 0 Å². The van der Waals surface area contributed by atoms with Gasteiger partial charge in [0, 0.05) is 22.9 Å². The van der Waals surface area contributed by atoms with Crippen LogP contribution < -0.4 is 0 Å². The highest BCUT2D eigenvalue weighted by molar-refractivity contribution is 5.87. The predicted octanol–water partition coefficient (Wildman–Crippen LogP) is 7.69. The Bertz CT molecular complexity index is 1570. The van der Waals surface area contributed by atoms with Gasteiger partial charge in [-0.05, 0) is 41.5 Å². The quantitative estimate of drug-likeness (QED) is 0.285. The van der Waals surface area contributed by atoms with Crippen molar-refractivity contribution in [1.29, 1.82) is 0 Å². The number of hydrogen-bond acceptors (Lipinski definition) is 3. The van der Waals surface area contributed by atoms with Gasteiger partial charge >= 0.3 is 0 Å². The highest BCUT2D eigenvalue weighted by Gasteiger charge is 2.14. The number of benzene rings is 4. The largest absolute Gasteiger partial charge is 0.256 e. The van der Waals surface area contributed by atoms with Gasteiger partial charge in [-0.2, -0.15) is 0 Å². The maximum Gasteiger partial charge on any atom is 0.0973 e. The molecule has 0 N–H and O–H groups in total. The zero-order chi connectivity index (χ0) is 22.7. The van der Waals surface area contributed by atoms with Crippen LogP contribution in [0.25, 0.3) is 55.9 Å². The van der Waals surface area contributed by atoms with E-state index in [1.807, 2.05) is 54.7 Å². The summed E-state index contributed by atoms with van der Waals surface area (Å²) in [4.78, 5) is 14.6. The van der Waals surface area contributed by atoms with Crippen molar-refractivity contribution in [2.45, 2.75) is 0 Å². The van der Waals surface area contributed by atoms with E-state index in [0.29, 0.717) is 0 Å². The fourth-order valence-electron chi connectivity index (χ4n) is 4.21. The minimum absolute atomic E-state index is 0.872. The standard InChI is InChI=1S/C31H21N3/c1-2-9-22(10-3-1)25-11-8-12-26(21-25)31-30(33-28-14-4-5-15-29(28)34-31)24-18-16-23(17-19-24)27-13-6-7-20-32-27/h1-21H. The number of aromatic nitrogens is 3. The highest BCUT2D eigenvalue weighted by atomic mass is 14.8. The zero-order valence-corrected chi connectivity index (χ0v) is 18.5. The summed E-state index contributed by atoms with van der Waals surface area (Å²) >= 11 is 0. The van der Waals surface area contributed by atoms with Crippen LogP contribution >= 0.6 is 0 Å². The molecule has 0 bridgehead atoms. The molecule has 3 heteroatoms. The van der Waals surface area contributed by atoms with Gasteiger partial charge in [-0.25, -0.2) is 9.97 Å². The lowest BCUT2D eigenvalue weighted by molar-refractivity contribution is 1.29. The lowest BCUT2D eigenvalue weighted by Crippen LogP contribution is -1.96. The van der Waals surface area contributed by atoms with Crippen LogP contribution in [-0.2, 0) is 0 Å². The lowest BCUT2D eigenvalue weighted by Gasteiger charge is -2.12. The van der Waals surface area contributed by atoms with Crippen molar-refractivity contribution < 1.29 is 0 Å². The first-order chi connectivity index (χ1) is 16.8. The molecular weight excluding hydrogens is 414 g/mol. The molecule has 0 spiro atoms. The molecule has 0 aliphatic rings. The van der Waals surface area contributed by atoms with Crippen molar-refractivity contribution in [1.82, 2.24) is 15.0 Å². The third kappa shape index (κ3) is 3.84. The van der Waals surface area contributed by atoms with Crippen molar-refractivity contribution >= 4 is 11.0 Å². The van der Waals surface area contributed by atoms with Crippen molar-refractivity contribution in [3.8, 4) is 44.9 Å². The number of hydrogen-bond donors (Lipinski definition) is 0. The number of nitrogens with zero attached hydrogens (tertiary/aromatic N) is 3. The molecule has 0 saturated heterocycles. The van der Waals surface area contributed by atoms with Crippen molar-refractivity contribution in [3.63, 3.8) is 0 Å². The van der Waals surface area contributed by atoms with Gasteiger partial charge in [-0.1, -0.05) is 91.0 Å². The van der Waals surface area contributed by atoms with Crippen LogP contribution in [0.4, 0.5) is 0 Å². The van der Waals surface area contributed by atoms with Gasteiger partial charge < -0.3 is 0 Å². The van der Waals surface area contributed by atoms with Gasteiger partial charge in [0.1, 0.15) is 0 Å². The average molecular weight is 436 g/mol. The SMILES string of the molecule is c1ccc(-c2cccc(-c3nc4ccccc4nc3-c3ccc(-c4ccccn4)cc3)c2)cc1. The Morgan fingerprint density at radius 2 is 0.971 bits per heavy atom. The van der Waals surface area contributed by atoms with Crippen molar-refractivity contribution in [2.24, 2.45) is 0 Å². The second-order valence-corrected chi connectivity index (χ2v) is 8.15. The number of para-hydroxylation sites is 2. The summed E-state index contributed by atoms with van der Waals surface area (Å²) in [6.45, 7) is 0. The van der Waals surface area contributed by atoms with E-state index >= 15 is 0 Å². The van der Waals surface area contributed by atoms with E-state index in [0.717, 1.165) is 50.4 Å². The smallest absolute Gasteiger partial charge is 0.0973 e. The molecule has 6 aromatic rings. The van der Waals surface area contributed by atoms with E-state index in [-0.39, 0.29) is 0 Å². The Kier molecular flexibility index (Phi) is 5.13. The summed E-state index contributed by atoms with van der Waals surface area (Å²) in [6.07, 6.45) is 1.82. The molecule has 0 saturated carbocycles.